The summed E-state index contributed by atoms with van der Waals surface area (Å²) in [6.45, 7) is 4.99. The van der Waals surface area contributed by atoms with Crippen molar-refractivity contribution in [2.75, 3.05) is 6.54 Å². The van der Waals surface area contributed by atoms with Gasteiger partial charge in [-0.2, -0.15) is 4.98 Å². The maximum absolute atomic E-state index is 11.4. The van der Waals surface area contributed by atoms with Gasteiger partial charge in [-0.25, -0.2) is 4.79 Å². The maximum Gasteiger partial charge on any atom is 0.347 e. The molecule has 4 nitrogen and oxygen atoms in total. The lowest BCUT2D eigenvalue weighted by molar-refractivity contribution is 0.596. The summed E-state index contributed by atoms with van der Waals surface area (Å²) in [6, 6.07) is 1.90. The van der Waals surface area contributed by atoms with Gasteiger partial charge in [0.05, 0.1) is 0 Å². The molecular weight excluding hydrogens is 166 g/mol. The fourth-order valence-electron chi connectivity index (χ4n) is 1.30. The molecule has 1 aromatic rings. The third-order valence-corrected chi connectivity index (χ3v) is 1.93. The quantitative estimate of drug-likeness (QED) is 0.725. The number of aromatic nitrogens is 2. The molecule has 0 aliphatic heterocycles. The number of hydrogen-bond acceptors (Lipinski definition) is 3. The smallest absolute Gasteiger partial charge is 0.330 e. The Morgan fingerprint density at radius 2 is 2.23 bits per heavy atom. The summed E-state index contributed by atoms with van der Waals surface area (Å²) in [7, 11) is 0. The van der Waals surface area contributed by atoms with Gasteiger partial charge in [-0.05, 0) is 32.9 Å². The summed E-state index contributed by atoms with van der Waals surface area (Å²) in [6.07, 6.45) is 0.811. The second-order valence-corrected chi connectivity index (χ2v) is 3.12. The molecule has 0 fully saturated rings. The molecule has 4 heteroatoms. The van der Waals surface area contributed by atoms with Gasteiger partial charge in [-0.3, -0.25) is 4.57 Å². The third kappa shape index (κ3) is 2.39. The van der Waals surface area contributed by atoms with E-state index in [9.17, 15) is 4.79 Å². The minimum absolute atomic E-state index is 0.175. The predicted molar refractivity (Wildman–Crippen MR) is 51.6 cm³/mol. The first-order valence-corrected chi connectivity index (χ1v) is 4.40. The molecule has 72 valence electrons. The van der Waals surface area contributed by atoms with Gasteiger partial charge < -0.3 is 5.73 Å². The molecule has 0 aliphatic rings. The van der Waals surface area contributed by atoms with E-state index < -0.39 is 0 Å². The Kier molecular flexibility index (Phi) is 3.19. The van der Waals surface area contributed by atoms with Crippen molar-refractivity contribution in [3.63, 3.8) is 0 Å². The van der Waals surface area contributed by atoms with Crippen LogP contribution in [0.25, 0.3) is 0 Å². The molecule has 2 N–H and O–H groups in total. The molecule has 0 atom stereocenters. The number of nitrogens with two attached hydrogens (primary N) is 1. The van der Waals surface area contributed by atoms with Gasteiger partial charge in [0.25, 0.3) is 0 Å². The maximum atomic E-state index is 11.4. The first kappa shape index (κ1) is 9.92. The van der Waals surface area contributed by atoms with Crippen molar-refractivity contribution < 1.29 is 0 Å². The van der Waals surface area contributed by atoms with Crippen molar-refractivity contribution in [2.24, 2.45) is 5.73 Å². The minimum Gasteiger partial charge on any atom is -0.330 e. The molecule has 0 amide bonds. The van der Waals surface area contributed by atoms with Crippen LogP contribution in [0, 0.1) is 13.8 Å². The fourth-order valence-corrected chi connectivity index (χ4v) is 1.30. The molecular formula is C9H15N3O. The lowest BCUT2D eigenvalue weighted by atomic mass is 10.3. The van der Waals surface area contributed by atoms with Crippen molar-refractivity contribution in [1.29, 1.82) is 0 Å². The molecule has 0 spiro atoms. The highest BCUT2D eigenvalue weighted by Crippen LogP contribution is 1.97. The molecule has 1 aromatic heterocycles. The van der Waals surface area contributed by atoms with Crippen LogP contribution in [0.1, 0.15) is 17.8 Å². The van der Waals surface area contributed by atoms with Crippen LogP contribution in [0.3, 0.4) is 0 Å². The van der Waals surface area contributed by atoms with E-state index in [1.165, 1.54) is 0 Å². The van der Waals surface area contributed by atoms with Crippen LogP contribution < -0.4 is 11.4 Å². The molecule has 0 bridgehead atoms. The molecule has 0 saturated heterocycles. The Morgan fingerprint density at radius 3 is 2.77 bits per heavy atom. The van der Waals surface area contributed by atoms with Crippen molar-refractivity contribution in [1.82, 2.24) is 9.55 Å². The molecule has 0 aromatic carbocycles. The van der Waals surface area contributed by atoms with Gasteiger partial charge in [0.1, 0.15) is 0 Å². The monoisotopic (exact) mass is 181 g/mol. The van der Waals surface area contributed by atoms with Crippen molar-refractivity contribution >= 4 is 0 Å². The molecule has 1 heterocycles. The van der Waals surface area contributed by atoms with Crippen LogP contribution in [-0.2, 0) is 6.54 Å². The molecule has 0 aliphatic carbocycles. The van der Waals surface area contributed by atoms with E-state index in [2.05, 4.69) is 4.98 Å². The standard InChI is InChI=1S/C9H15N3O/c1-7-6-8(2)12(5-3-4-10)9(13)11-7/h6H,3-5,10H2,1-2H3. The highest BCUT2D eigenvalue weighted by Gasteiger charge is 2.01. The van der Waals surface area contributed by atoms with Gasteiger partial charge in [0.2, 0.25) is 0 Å². The number of hydrogen-bond donors (Lipinski definition) is 1. The van der Waals surface area contributed by atoms with E-state index in [1.807, 2.05) is 19.9 Å². The van der Waals surface area contributed by atoms with E-state index >= 15 is 0 Å². The van der Waals surface area contributed by atoms with E-state index in [0.29, 0.717) is 13.1 Å². The lowest BCUT2D eigenvalue weighted by Crippen LogP contribution is -2.26. The zero-order valence-electron chi connectivity index (χ0n) is 8.08. The Morgan fingerprint density at radius 1 is 1.54 bits per heavy atom. The average Bonchev–Trinajstić information content (AvgIpc) is 2.02. The largest absolute Gasteiger partial charge is 0.347 e. The van der Waals surface area contributed by atoms with E-state index in [0.717, 1.165) is 17.8 Å². The summed E-state index contributed by atoms with van der Waals surface area (Å²) in [5.74, 6) is 0. The Balaban J connectivity index is 2.99. The average molecular weight is 181 g/mol. The Bertz CT molecular complexity index is 343. The number of nitrogens with zero attached hydrogens (tertiary/aromatic N) is 2. The van der Waals surface area contributed by atoms with Crippen molar-refractivity contribution in [2.45, 2.75) is 26.8 Å². The minimum atomic E-state index is -0.175. The summed E-state index contributed by atoms with van der Waals surface area (Å²) in [5, 5.41) is 0. The number of rotatable bonds is 3. The molecule has 13 heavy (non-hydrogen) atoms. The van der Waals surface area contributed by atoms with Crippen LogP contribution in [-0.4, -0.2) is 16.1 Å². The SMILES string of the molecule is Cc1cc(C)n(CCCN)c(=O)n1. The van der Waals surface area contributed by atoms with Crippen LogP contribution in [0.15, 0.2) is 10.9 Å². The van der Waals surface area contributed by atoms with Crippen molar-refractivity contribution in [3.05, 3.63) is 27.9 Å². The third-order valence-electron chi connectivity index (χ3n) is 1.93. The Labute approximate surface area is 77.4 Å². The van der Waals surface area contributed by atoms with Gasteiger partial charge in [-0.1, -0.05) is 0 Å². The zero-order valence-corrected chi connectivity index (χ0v) is 8.08. The zero-order chi connectivity index (χ0) is 9.84. The fraction of sp³-hybridized carbons (Fsp3) is 0.556. The summed E-state index contributed by atoms with van der Waals surface area (Å²) < 4.78 is 1.65. The lowest BCUT2D eigenvalue weighted by Gasteiger charge is -2.08. The number of aryl methyl sites for hydroxylation is 2. The van der Waals surface area contributed by atoms with Crippen LogP contribution in [0.5, 0.6) is 0 Å². The van der Waals surface area contributed by atoms with Gasteiger partial charge >= 0.3 is 5.69 Å². The second-order valence-electron chi connectivity index (χ2n) is 3.12. The van der Waals surface area contributed by atoms with Crippen LogP contribution in [0.4, 0.5) is 0 Å². The molecule has 0 unspecified atom stereocenters. The summed E-state index contributed by atoms with van der Waals surface area (Å²) in [4.78, 5) is 15.2. The molecule has 0 saturated carbocycles. The summed E-state index contributed by atoms with van der Waals surface area (Å²) in [5.41, 5.74) is 6.92. The Hall–Kier alpha value is -1.16. The first-order valence-electron chi connectivity index (χ1n) is 4.40. The van der Waals surface area contributed by atoms with E-state index in [1.54, 1.807) is 4.57 Å². The highest BCUT2D eigenvalue weighted by molar-refractivity contribution is 5.06. The highest BCUT2D eigenvalue weighted by atomic mass is 16.1. The topological polar surface area (TPSA) is 60.9 Å². The summed E-state index contributed by atoms with van der Waals surface area (Å²) >= 11 is 0. The van der Waals surface area contributed by atoms with Gasteiger partial charge in [0.15, 0.2) is 0 Å². The van der Waals surface area contributed by atoms with E-state index in [-0.39, 0.29) is 5.69 Å². The van der Waals surface area contributed by atoms with Crippen molar-refractivity contribution in [3.8, 4) is 0 Å². The second kappa shape index (κ2) is 4.18. The van der Waals surface area contributed by atoms with Crippen LogP contribution >= 0.6 is 0 Å². The van der Waals surface area contributed by atoms with Gasteiger partial charge in [0, 0.05) is 17.9 Å². The molecule has 1 rings (SSSR count). The normalized spacial score (nSPS) is 10.4. The molecule has 0 radical (unpaired) electrons. The van der Waals surface area contributed by atoms with Crippen LogP contribution in [0.2, 0.25) is 0 Å². The predicted octanol–water partition coefficient (Wildman–Crippen LogP) is 0.209. The van der Waals surface area contributed by atoms with E-state index in [4.69, 9.17) is 5.73 Å². The van der Waals surface area contributed by atoms with Gasteiger partial charge in [-0.15, -0.1) is 0 Å². The first-order chi connectivity index (χ1) is 6.15.